The Labute approximate surface area is 136 Å². The zero-order chi connectivity index (χ0) is 16.5. The average Bonchev–Trinajstić information content (AvgIpc) is 2.96. The van der Waals surface area contributed by atoms with Crippen molar-refractivity contribution in [3.05, 3.63) is 42.4 Å². The van der Waals surface area contributed by atoms with Crippen molar-refractivity contribution in [2.75, 3.05) is 23.3 Å². The first-order chi connectivity index (χ1) is 11.7. The normalized spacial score (nSPS) is 11.2. The summed E-state index contributed by atoms with van der Waals surface area (Å²) in [6.07, 6.45) is 3.79. The molecule has 0 atom stereocenters. The number of hydrogen-bond acceptors (Lipinski definition) is 8. The van der Waals surface area contributed by atoms with E-state index in [1.807, 2.05) is 24.3 Å². The maximum absolute atomic E-state index is 5.87. The van der Waals surface area contributed by atoms with Crippen molar-refractivity contribution in [3.8, 4) is 0 Å². The van der Waals surface area contributed by atoms with Crippen molar-refractivity contribution in [1.82, 2.24) is 19.9 Å². The smallest absolute Gasteiger partial charge is 0.221 e. The van der Waals surface area contributed by atoms with Gasteiger partial charge in [0.2, 0.25) is 5.95 Å². The Balaban J connectivity index is 1.58. The first-order valence-electron chi connectivity index (χ1n) is 7.45. The van der Waals surface area contributed by atoms with Gasteiger partial charge < -0.3 is 21.2 Å². The Bertz CT molecular complexity index is 1030. The van der Waals surface area contributed by atoms with E-state index in [0.29, 0.717) is 30.2 Å². The van der Waals surface area contributed by atoms with Gasteiger partial charge in [0.05, 0.1) is 0 Å². The second-order valence-electron chi connectivity index (χ2n) is 5.31. The molecule has 0 spiro atoms. The largest absolute Gasteiger partial charge is 0.450 e. The van der Waals surface area contributed by atoms with Gasteiger partial charge >= 0.3 is 0 Å². The van der Waals surface area contributed by atoms with E-state index in [0.717, 1.165) is 22.0 Å². The molecule has 3 aromatic heterocycles. The van der Waals surface area contributed by atoms with Crippen LogP contribution in [0.25, 0.3) is 22.1 Å². The molecular formula is C16H15N7O. The number of hydrogen-bond donors (Lipinski definition) is 3. The van der Waals surface area contributed by atoms with E-state index >= 15 is 0 Å². The number of anilines is 3. The average molecular weight is 321 g/mol. The highest BCUT2D eigenvalue weighted by atomic mass is 16.3. The Morgan fingerprint density at radius 2 is 1.96 bits per heavy atom. The topological polar surface area (TPSA) is 129 Å². The number of para-hydroxylation sites is 1. The summed E-state index contributed by atoms with van der Waals surface area (Å²) in [6.45, 7) is 0.598. The van der Waals surface area contributed by atoms with Crippen molar-refractivity contribution in [2.24, 2.45) is 0 Å². The predicted octanol–water partition coefficient (Wildman–Crippen LogP) is 1.98. The van der Waals surface area contributed by atoms with E-state index in [-0.39, 0.29) is 5.95 Å². The molecule has 4 aromatic rings. The van der Waals surface area contributed by atoms with Crippen LogP contribution in [0.15, 0.2) is 41.2 Å². The molecule has 120 valence electrons. The Hall–Kier alpha value is -3.42. The molecule has 1 aromatic carbocycles. The third kappa shape index (κ3) is 2.43. The molecule has 0 radical (unpaired) electrons. The molecule has 8 heteroatoms. The molecule has 5 N–H and O–H groups in total. The van der Waals surface area contributed by atoms with Crippen LogP contribution in [0.4, 0.5) is 17.6 Å². The number of benzene rings is 1. The van der Waals surface area contributed by atoms with Gasteiger partial charge in [-0.05, 0) is 18.6 Å². The fourth-order valence-corrected chi connectivity index (χ4v) is 2.59. The zero-order valence-corrected chi connectivity index (χ0v) is 12.7. The van der Waals surface area contributed by atoms with E-state index in [1.165, 1.54) is 6.33 Å². The standard InChI is InChI=1S/C16H15N7O/c17-14-9(7-20-16(18)23-14)5-6-19-15-13-12(21-8-22-15)10-3-1-2-4-11(10)24-13/h1-4,7-8H,5-6H2,(H,19,21,22)(H4,17,18,20,23). The highest BCUT2D eigenvalue weighted by molar-refractivity contribution is 6.05. The summed E-state index contributed by atoms with van der Waals surface area (Å²) in [5.41, 5.74) is 14.4. The van der Waals surface area contributed by atoms with Crippen molar-refractivity contribution < 1.29 is 4.42 Å². The van der Waals surface area contributed by atoms with E-state index in [2.05, 4.69) is 25.3 Å². The van der Waals surface area contributed by atoms with Crippen LogP contribution in [-0.2, 0) is 6.42 Å². The Kier molecular flexibility index (Phi) is 3.34. The number of nitrogens with two attached hydrogens (primary N) is 2. The molecule has 0 aliphatic carbocycles. The van der Waals surface area contributed by atoms with Crippen molar-refractivity contribution in [2.45, 2.75) is 6.42 Å². The molecule has 0 fully saturated rings. The lowest BCUT2D eigenvalue weighted by atomic mass is 10.2. The zero-order valence-electron chi connectivity index (χ0n) is 12.7. The second-order valence-corrected chi connectivity index (χ2v) is 5.31. The van der Waals surface area contributed by atoms with Crippen LogP contribution >= 0.6 is 0 Å². The SMILES string of the molecule is Nc1ncc(CCNc2ncnc3c2oc2ccccc23)c(N)n1. The third-order valence-electron chi connectivity index (χ3n) is 3.76. The third-order valence-corrected chi connectivity index (χ3v) is 3.76. The molecule has 0 saturated carbocycles. The number of fused-ring (bicyclic) bond motifs is 3. The van der Waals surface area contributed by atoms with Crippen molar-refractivity contribution in [3.63, 3.8) is 0 Å². The molecule has 0 amide bonds. The number of nitrogens with zero attached hydrogens (tertiary/aromatic N) is 4. The molecule has 0 aliphatic heterocycles. The van der Waals surface area contributed by atoms with Crippen LogP contribution in [-0.4, -0.2) is 26.5 Å². The molecule has 4 rings (SSSR count). The number of nitrogen functional groups attached to an aromatic ring is 2. The summed E-state index contributed by atoms with van der Waals surface area (Å²) in [5, 5.41) is 4.22. The minimum Gasteiger partial charge on any atom is -0.450 e. The van der Waals surface area contributed by atoms with E-state index in [9.17, 15) is 0 Å². The van der Waals surface area contributed by atoms with Gasteiger partial charge in [-0.3, -0.25) is 0 Å². The van der Waals surface area contributed by atoms with Gasteiger partial charge in [0.15, 0.2) is 11.4 Å². The van der Waals surface area contributed by atoms with Crippen LogP contribution in [0.2, 0.25) is 0 Å². The molecule has 8 nitrogen and oxygen atoms in total. The lowest BCUT2D eigenvalue weighted by Gasteiger charge is -2.07. The highest BCUT2D eigenvalue weighted by Gasteiger charge is 2.12. The summed E-state index contributed by atoms with van der Waals surface area (Å²) in [7, 11) is 0. The summed E-state index contributed by atoms with van der Waals surface area (Å²) in [5.74, 6) is 1.20. The molecule has 0 aliphatic rings. The van der Waals surface area contributed by atoms with Gasteiger partial charge in [-0.1, -0.05) is 12.1 Å². The quantitative estimate of drug-likeness (QED) is 0.520. The van der Waals surface area contributed by atoms with Crippen molar-refractivity contribution in [1.29, 1.82) is 0 Å². The number of aromatic nitrogens is 4. The first-order valence-corrected chi connectivity index (χ1v) is 7.45. The van der Waals surface area contributed by atoms with Crippen LogP contribution < -0.4 is 16.8 Å². The minimum absolute atomic E-state index is 0.170. The summed E-state index contributed by atoms with van der Waals surface area (Å²) < 4.78 is 5.87. The Morgan fingerprint density at radius 3 is 2.83 bits per heavy atom. The molecule has 3 heterocycles. The van der Waals surface area contributed by atoms with Crippen LogP contribution in [0.3, 0.4) is 0 Å². The van der Waals surface area contributed by atoms with Crippen LogP contribution in [0, 0.1) is 0 Å². The van der Waals surface area contributed by atoms with Gasteiger partial charge in [0.25, 0.3) is 0 Å². The second kappa shape index (κ2) is 5.65. The summed E-state index contributed by atoms with van der Waals surface area (Å²) >= 11 is 0. The number of furan rings is 1. The lowest BCUT2D eigenvalue weighted by molar-refractivity contribution is 0.666. The number of nitrogens with one attached hydrogen (secondary N) is 1. The van der Waals surface area contributed by atoms with Crippen LogP contribution in [0.5, 0.6) is 0 Å². The van der Waals surface area contributed by atoms with Gasteiger partial charge in [0.1, 0.15) is 23.2 Å². The monoisotopic (exact) mass is 321 g/mol. The summed E-state index contributed by atoms with van der Waals surface area (Å²) in [6, 6.07) is 7.77. The maximum Gasteiger partial charge on any atom is 0.221 e. The van der Waals surface area contributed by atoms with Gasteiger partial charge in [-0.25, -0.2) is 15.0 Å². The van der Waals surface area contributed by atoms with Gasteiger partial charge in [0, 0.05) is 23.7 Å². The van der Waals surface area contributed by atoms with E-state index in [1.54, 1.807) is 6.20 Å². The van der Waals surface area contributed by atoms with Gasteiger partial charge in [-0.15, -0.1) is 0 Å². The molecule has 0 unspecified atom stereocenters. The fourth-order valence-electron chi connectivity index (χ4n) is 2.59. The first kappa shape index (κ1) is 14.2. The maximum atomic E-state index is 5.87. The predicted molar refractivity (Wildman–Crippen MR) is 92.4 cm³/mol. The summed E-state index contributed by atoms with van der Waals surface area (Å²) in [4.78, 5) is 16.5. The van der Waals surface area contributed by atoms with E-state index in [4.69, 9.17) is 15.9 Å². The highest BCUT2D eigenvalue weighted by Crippen LogP contribution is 2.30. The fraction of sp³-hybridized carbons (Fsp3) is 0.125. The molecule has 0 bridgehead atoms. The van der Waals surface area contributed by atoms with Crippen molar-refractivity contribution >= 4 is 39.7 Å². The molecular weight excluding hydrogens is 306 g/mol. The minimum atomic E-state index is 0.170. The lowest BCUT2D eigenvalue weighted by Crippen LogP contribution is -2.10. The van der Waals surface area contributed by atoms with Crippen LogP contribution in [0.1, 0.15) is 5.56 Å². The molecule has 0 saturated heterocycles. The van der Waals surface area contributed by atoms with Gasteiger partial charge in [-0.2, -0.15) is 4.98 Å². The Morgan fingerprint density at radius 1 is 1.08 bits per heavy atom. The molecule has 24 heavy (non-hydrogen) atoms. The van der Waals surface area contributed by atoms with E-state index < -0.39 is 0 Å². The number of rotatable bonds is 4.